The third-order valence-corrected chi connectivity index (χ3v) is 5.15. The minimum atomic E-state index is -0.728. The Hall–Kier alpha value is -0.960. The first-order valence-corrected chi connectivity index (χ1v) is 7.88. The number of hydrogen-bond donors (Lipinski definition) is 1. The van der Waals surface area contributed by atoms with Crippen LogP contribution in [0.15, 0.2) is 18.2 Å². The third kappa shape index (κ3) is 2.48. The number of nitrogens with one attached hydrogen (secondary N) is 1. The minimum Gasteiger partial charge on any atom is -0.310 e. The second-order valence-corrected chi connectivity index (χ2v) is 6.41. The average Bonchev–Trinajstić information content (AvgIpc) is 3.06. The van der Waals surface area contributed by atoms with Crippen LogP contribution in [0.25, 0.3) is 0 Å². The van der Waals surface area contributed by atoms with E-state index in [-0.39, 0.29) is 6.04 Å². The van der Waals surface area contributed by atoms with Gasteiger partial charge in [0, 0.05) is 11.6 Å². The van der Waals surface area contributed by atoms with Gasteiger partial charge in [-0.15, -0.1) is 0 Å². The highest BCUT2D eigenvalue weighted by Gasteiger charge is 2.43. The maximum absolute atomic E-state index is 14.2. The molecule has 2 fully saturated rings. The smallest absolute Gasteiger partial charge is 0.163 e. The molecule has 4 unspecified atom stereocenters. The molecule has 1 aromatic rings. The fourth-order valence-corrected chi connectivity index (χ4v) is 4.25. The first kappa shape index (κ1) is 14.0. The van der Waals surface area contributed by atoms with E-state index in [4.69, 9.17) is 0 Å². The quantitative estimate of drug-likeness (QED) is 0.840. The Morgan fingerprint density at radius 3 is 2.75 bits per heavy atom. The van der Waals surface area contributed by atoms with E-state index in [1.165, 1.54) is 31.7 Å². The monoisotopic (exact) mass is 279 g/mol. The standard InChI is InChI=1S/C17H23F2N/c1-2-8-20-17(13-4-3-5-15(18)16(13)19)14-10-11-6-7-12(14)9-11/h3-5,11-12,14,17,20H,2,6-10H2,1H3. The predicted octanol–water partition coefficient (Wildman–Crippen LogP) is 4.44. The lowest BCUT2D eigenvalue weighted by atomic mass is 9.80. The van der Waals surface area contributed by atoms with Gasteiger partial charge in [0.05, 0.1) is 0 Å². The summed E-state index contributed by atoms with van der Waals surface area (Å²) in [6.07, 6.45) is 6.05. The van der Waals surface area contributed by atoms with Gasteiger partial charge < -0.3 is 5.32 Å². The summed E-state index contributed by atoms with van der Waals surface area (Å²) in [6.45, 7) is 2.96. The van der Waals surface area contributed by atoms with Gasteiger partial charge in [-0.05, 0) is 56.0 Å². The van der Waals surface area contributed by atoms with Gasteiger partial charge in [0.1, 0.15) is 0 Å². The summed E-state index contributed by atoms with van der Waals surface area (Å²) in [4.78, 5) is 0. The average molecular weight is 279 g/mol. The fourth-order valence-electron chi connectivity index (χ4n) is 4.25. The lowest BCUT2D eigenvalue weighted by Gasteiger charge is -2.32. The molecule has 1 nitrogen and oxygen atoms in total. The van der Waals surface area contributed by atoms with E-state index >= 15 is 0 Å². The van der Waals surface area contributed by atoms with Gasteiger partial charge in [0.2, 0.25) is 0 Å². The normalized spacial score (nSPS) is 29.9. The van der Waals surface area contributed by atoms with Crippen LogP contribution < -0.4 is 5.32 Å². The van der Waals surface area contributed by atoms with Gasteiger partial charge in [-0.25, -0.2) is 8.78 Å². The van der Waals surface area contributed by atoms with Crippen LogP contribution in [0.4, 0.5) is 8.78 Å². The van der Waals surface area contributed by atoms with Crippen LogP contribution in [0.1, 0.15) is 50.6 Å². The molecule has 0 spiro atoms. The summed E-state index contributed by atoms with van der Waals surface area (Å²) in [5.74, 6) is 0.582. The van der Waals surface area contributed by atoms with E-state index in [9.17, 15) is 8.78 Å². The van der Waals surface area contributed by atoms with Crippen LogP contribution in [0.3, 0.4) is 0 Å². The van der Waals surface area contributed by atoms with Crippen molar-refractivity contribution in [2.24, 2.45) is 17.8 Å². The van der Waals surface area contributed by atoms with Crippen LogP contribution >= 0.6 is 0 Å². The van der Waals surface area contributed by atoms with Crippen molar-refractivity contribution < 1.29 is 8.78 Å². The van der Waals surface area contributed by atoms with Crippen molar-refractivity contribution in [1.29, 1.82) is 0 Å². The highest BCUT2D eigenvalue weighted by atomic mass is 19.2. The molecule has 0 amide bonds. The zero-order valence-electron chi connectivity index (χ0n) is 12.0. The molecule has 0 radical (unpaired) electrons. The minimum absolute atomic E-state index is 0.0269. The van der Waals surface area contributed by atoms with Gasteiger partial charge in [0.25, 0.3) is 0 Å². The van der Waals surface area contributed by atoms with Crippen molar-refractivity contribution in [2.75, 3.05) is 6.54 Å². The van der Waals surface area contributed by atoms with Crippen molar-refractivity contribution in [2.45, 2.75) is 45.1 Å². The SMILES string of the molecule is CCCNC(c1cccc(F)c1F)C1CC2CCC1C2. The first-order valence-electron chi connectivity index (χ1n) is 7.88. The maximum Gasteiger partial charge on any atom is 0.163 e. The summed E-state index contributed by atoms with van der Waals surface area (Å²) in [6, 6.07) is 4.55. The lowest BCUT2D eigenvalue weighted by Crippen LogP contribution is -2.32. The van der Waals surface area contributed by atoms with Gasteiger partial charge in [-0.1, -0.05) is 25.5 Å². The molecule has 3 heteroatoms. The Kier molecular flexibility index (Phi) is 4.06. The Bertz CT molecular complexity index is 474. The van der Waals surface area contributed by atoms with Crippen molar-refractivity contribution in [3.05, 3.63) is 35.4 Å². The molecule has 20 heavy (non-hydrogen) atoms. The zero-order chi connectivity index (χ0) is 14.1. The summed E-state index contributed by atoms with van der Waals surface area (Å²) in [5.41, 5.74) is 0.524. The summed E-state index contributed by atoms with van der Waals surface area (Å²) in [5, 5.41) is 3.47. The van der Waals surface area contributed by atoms with Crippen molar-refractivity contribution >= 4 is 0 Å². The fraction of sp³-hybridized carbons (Fsp3) is 0.647. The molecule has 0 aliphatic heterocycles. The summed E-state index contributed by atoms with van der Waals surface area (Å²) < 4.78 is 27.7. The Balaban J connectivity index is 1.87. The van der Waals surface area contributed by atoms with Crippen molar-refractivity contribution in [3.8, 4) is 0 Å². The summed E-state index contributed by atoms with van der Waals surface area (Å²) >= 11 is 0. The first-order chi connectivity index (χ1) is 9.70. The molecule has 2 aliphatic rings. The Morgan fingerprint density at radius 2 is 2.10 bits per heavy atom. The molecule has 2 bridgehead atoms. The van der Waals surface area contributed by atoms with Crippen molar-refractivity contribution in [1.82, 2.24) is 5.32 Å². The Morgan fingerprint density at radius 1 is 1.25 bits per heavy atom. The van der Waals surface area contributed by atoms with Gasteiger partial charge in [-0.2, -0.15) is 0 Å². The molecule has 4 atom stereocenters. The molecule has 2 aliphatic carbocycles. The predicted molar refractivity (Wildman–Crippen MR) is 76.3 cm³/mol. The third-order valence-electron chi connectivity index (χ3n) is 5.15. The van der Waals surface area contributed by atoms with Crippen LogP contribution in [-0.4, -0.2) is 6.54 Å². The number of halogens is 2. The Labute approximate surface area is 119 Å². The highest BCUT2D eigenvalue weighted by molar-refractivity contribution is 5.24. The van der Waals surface area contributed by atoms with Crippen LogP contribution in [0.2, 0.25) is 0 Å². The number of rotatable bonds is 5. The molecule has 2 saturated carbocycles. The van der Waals surface area contributed by atoms with Gasteiger partial charge in [0.15, 0.2) is 11.6 Å². The molecule has 1 N–H and O–H groups in total. The van der Waals surface area contributed by atoms with Crippen LogP contribution in [0.5, 0.6) is 0 Å². The zero-order valence-corrected chi connectivity index (χ0v) is 12.0. The second-order valence-electron chi connectivity index (χ2n) is 6.41. The van der Waals surface area contributed by atoms with Crippen molar-refractivity contribution in [3.63, 3.8) is 0 Å². The molecular weight excluding hydrogens is 256 g/mol. The van der Waals surface area contributed by atoms with E-state index in [0.29, 0.717) is 17.4 Å². The molecule has 3 rings (SSSR count). The van der Waals surface area contributed by atoms with E-state index in [2.05, 4.69) is 12.2 Å². The molecule has 1 aromatic carbocycles. The van der Waals surface area contributed by atoms with E-state index in [1.807, 2.05) is 0 Å². The molecule has 0 heterocycles. The number of hydrogen-bond acceptors (Lipinski definition) is 1. The van der Waals surface area contributed by atoms with Gasteiger partial charge in [-0.3, -0.25) is 0 Å². The maximum atomic E-state index is 14.2. The van der Waals surface area contributed by atoms with Crippen LogP contribution in [0, 0.1) is 29.4 Å². The number of fused-ring (bicyclic) bond motifs is 2. The van der Waals surface area contributed by atoms with Crippen LogP contribution in [-0.2, 0) is 0 Å². The van der Waals surface area contributed by atoms with E-state index < -0.39 is 11.6 Å². The molecule has 0 saturated heterocycles. The molecular formula is C17H23F2N. The second kappa shape index (κ2) is 5.80. The molecule has 0 aromatic heterocycles. The summed E-state index contributed by atoms with van der Waals surface area (Å²) in [7, 11) is 0. The van der Waals surface area contributed by atoms with E-state index in [0.717, 1.165) is 18.9 Å². The van der Waals surface area contributed by atoms with E-state index in [1.54, 1.807) is 12.1 Å². The van der Waals surface area contributed by atoms with Gasteiger partial charge >= 0.3 is 0 Å². The lowest BCUT2D eigenvalue weighted by molar-refractivity contribution is 0.245. The topological polar surface area (TPSA) is 12.0 Å². The highest BCUT2D eigenvalue weighted by Crippen LogP contribution is 2.52. The largest absolute Gasteiger partial charge is 0.310 e. The molecule has 110 valence electrons. The number of benzene rings is 1.